The summed E-state index contributed by atoms with van der Waals surface area (Å²) in [5, 5.41) is 10.9. The minimum Gasteiger partial charge on any atom is -0.394 e. The third-order valence-electron chi connectivity index (χ3n) is 1.96. The molecule has 0 fully saturated rings. The van der Waals surface area contributed by atoms with Crippen molar-refractivity contribution in [1.82, 2.24) is 9.97 Å². The van der Waals surface area contributed by atoms with Crippen LogP contribution >= 0.6 is 11.6 Å². The van der Waals surface area contributed by atoms with Gasteiger partial charge in [-0.05, 0) is 6.42 Å². The van der Waals surface area contributed by atoms with Crippen LogP contribution in [0.2, 0.25) is 5.15 Å². The Morgan fingerprint density at radius 3 is 2.68 bits per heavy atom. The summed E-state index contributed by atoms with van der Waals surface area (Å²) in [6.07, 6.45) is -4.07. The highest BCUT2D eigenvalue weighted by molar-refractivity contribution is 6.29. The van der Waals surface area contributed by atoms with E-state index in [-0.39, 0.29) is 24.2 Å². The van der Waals surface area contributed by atoms with E-state index < -0.39 is 12.0 Å². The lowest BCUT2D eigenvalue weighted by molar-refractivity contribution is -0.144. The maximum Gasteiger partial charge on any atom is 0.451 e. The summed E-state index contributed by atoms with van der Waals surface area (Å²) in [7, 11) is 0. The van der Waals surface area contributed by atoms with Gasteiger partial charge in [-0.15, -0.1) is 0 Å². The van der Waals surface area contributed by atoms with Gasteiger partial charge in [-0.3, -0.25) is 0 Å². The van der Waals surface area contributed by atoms with Crippen molar-refractivity contribution in [2.24, 2.45) is 0 Å². The number of alkyl halides is 3. The summed E-state index contributed by atoms with van der Waals surface area (Å²) in [4.78, 5) is 6.44. The predicted molar refractivity (Wildman–Crippen MR) is 63.1 cm³/mol. The van der Waals surface area contributed by atoms with Crippen molar-refractivity contribution in [1.29, 1.82) is 0 Å². The minimum atomic E-state index is -4.63. The van der Waals surface area contributed by atoms with E-state index in [4.69, 9.17) is 21.4 Å². The quantitative estimate of drug-likeness (QED) is 0.595. The van der Waals surface area contributed by atoms with E-state index in [0.29, 0.717) is 19.6 Å². The molecule has 0 amide bonds. The molecule has 19 heavy (non-hydrogen) atoms. The first-order valence-corrected chi connectivity index (χ1v) is 5.85. The smallest absolute Gasteiger partial charge is 0.394 e. The second-order valence-electron chi connectivity index (χ2n) is 3.51. The Morgan fingerprint density at radius 1 is 1.32 bits per heavy atom. The summed E-state index contributed by atoms with van der Waals surface area (Å²) >= 11 is 5.49. The van der Waals surface area contributed by atoms with Crippen molar-refractivity contribution < 1.29 is 23.0 Å². The molecule has 1 aromatic heterocycles. The van der Waals surface area contributed by atoms with Crippen LogP contribution in [0.15, 0.2) is 6.07 Å². The number of aliphatic hydroxyl groups is 1. The van der Waals surface area contributed by atoms with Crippen molar-refractivity contribution >= 4 is 17.4 Å². The first-order valence-electron chi connectivity index (χ1n) is 5.47. The fraction of sp³-hybridized carbons (Fsp3) is 0.600. The molecule has 0 atom stereocenters. The number of hydrogen-bond donors (Lipinski definition) is 2. The van der Waals surface area contributed by atoms with Gasteiger partial charge in [0.25, 0.3) is 0 Å². The lowest BCUT2D eigenvalue weighted by Crippen LogP contribution is -2.14. The molecule has 0 saturated carbocycles. The average molecular weight is 300 g/mol. The molecule has 0 radical (unpaired) electrons. The Bertz CT molecular complexity index is 404. The van der Waals surface area contributed by atoms with E-state index in [1.54, 1.807) is 0 Å². The van der Waals surface area contributed by atoms with Crippen molar-refractivity contribution in [2.75, 3.05) is 31.7 Å². The van der Waals surface area contributed by atoms with E-state index in [2.05, 4.69) is 15.3 Å². The number of nitrogens with zero attached hydrogens (tertiary/aromatic N) is 2. The SMILES string of the molecule is OCCOCCCNc1cc(Cl)nc(C(F)(F)F)n1. The van der Waals surface area contributed by atoms with Crippen LogP contribution in [0.3, 0.4) is 0 Å². The molecule has 1 heterocycles. The van der Waals surface area contributed by atoms with E-state index >= 15 is 0 Å². The summed E-state index contributed by atoms with van der Waals surface area (Å²) in [6.45, 7) is 0.927. The van der Waals surface area contributed by atoms with Gasteiger partial charge < -0.3 is 15.2 Å². The molecule has 0 aromatic carbocycles. The number of aromatic nitrogens is 2. The Balaban J connectivity index is 2.48. The normalized spacial score (nSPS) is 11.6. The lowest BCUT2D eigenvalue weighted by atomic mass is 10.4. The molecular weight excluding hydrogens is 287 g/mol. The summed E-state index contributed by atoms with van der Waals surface area (Å²) in [6, 6.07) is 1.21. The van der Waals surface area contributed by atoms with Gasteiger partial charge in [0, 0.05) is 19.2 Å². The second kappa shape index (κ2) is 7.46. The third kappa shape index (κ3) is 6.04. The molecule has 0 aliphatic heterocycles. The van der Waals surface area contributed by atoms with Crippen LogP contribution in [-0.2, 0) is 10.9 Å². The van der Waals surface area contributed by atoms with Crippen LogP contribution < -0.4 is 5.32 Å². The van der Waals surface area contributed by atoms with Crippen LogP contribution in [0.4, 0.5) is 19.0 Å². The molecular formula is C10H13ClF3N3O2. The largest absolute Gasteiger partial charge is 0.451 e. The van der Waals surface area contributed by atoms with Gasteiger partial charge in [-0.1, -0.05) is 11.6 Å². The highest BCUT2D eigenvalue weighted by Crippen LogP contribution is 2.28. The Labute approximate surface area is 112 Å². The lowest BCUT2D eigenvalue weighted by Gasteiger charge is -2.09. The number of rotatable bonds is 7. The zero-order chi connectivity index (χ0) is 14.3. The number of aliphatic hydroxyl groups excluding tert-OH is 1. The molecule has 0 unspecified atom stereocenters. The molecule has 0 aliphatic rings. The van der Waals surface area contributed by atoms with Crippen molar-refractivity contribution in [2.45, 2.75) is 12.6 Å². The number of anilines is 1. The van der Waals surface area contributed by atoms with Gasteiger partial charge in [0.05, 0.1) is 13.2 Å². The topological polar surface area (TPSA) is 67.3 Å². The molecule has 108 valence electrons. The zero-order valence-corrected chi connectivity index (χ0v) is 10.6. The molecule has 9 heteroatoms. The molecule has 0 bridgehead atoms. The zero-order valence-electron chi connectivity index (χ0n) is 9.87. The monoisotopic (exact) mass is 299 g/mol. The summed E-state index contributed by atoms with van der Waals surface area (Å²) < 4.78 is 42.3. The molecule has 0 saturated heterocycles. The first kappa shape index (κ1) is 15.9. The second-order valence-corrected chi connectivity index (χ2v) is 3.90. The van der Waals surface area contributed by atoms with Gasteiger partial charge >= 0.3 is 6.18 Å². The van der Waals surface area contributed by atoms with Gasteiger partial charge in [-0.2, -0.15) is 13.2 Å². The van der Waals surface area contributed by atoms with Gasteiger partial charge in [0.1, 0.15) is 11.0 Å². The number of halogens is 4. The molecule has 0 spiro atoms. The van der Waals surface area contributed by atoms with Crippen LogP contribution in [0, 0.1) is 0 Å². The maximum atomic E-state index is 12.4. The molecule has 0 aliphatic carbocycles. The average Bonchev–Trinajstić information content (AvgIpc) is 2.32. The number of ether oxygens (including phenoxy) is 1. The predicted octanol–water partition coefficient (Wildman–Crippen LogP) is 1.96. The van der Waals surface area contributed by atoms with E-state index in [9.17, 15) is 13.2 Å². The van der Waals surface area contributed by atoms with Gasteiger partial charge in [0.2, 0.25) is 5.82 Å². The fourth-order valence-corrected chi connectivity index (χ4v) is 1.38. The van der Waals surface area contributed by atoms with Gasteiger partial charge in [-0.25, -0.2) is 9.97 Å². The highest BCUT2D eigenvalue weighted by Gasteiger charge is 2.35. The van der Waals surface area contributed by atoms with Crippen LogP contribution in [0.25, 0.3) is 0 Å². The molecule has 1 rings (SSSR count). The van der Waals surface area contributed by atoms with Crippen molar-refractivity contribution in [3.05, 3.63) is 17.0 Å². The first-order chi connectivity index (χ1) is 8.93. The fourth-order valence-electron chi connectivity index (χ4n) is 1.19. The third-order valence-corrected chi connectivity index (χ3v) is 2.15. The van der Waals surface area contributed by atoms with E-state index in [1.165, 1.54) is 6.07 Å². The number of hydrogen-bond acceptors (Lipinski definition) is 5. The molecule has 1 aromatic rings. The highest BCUT2D eigenvalue weighted by atomic mass is 35.5. The van der Waals surface area contributed by atoms with Crippen LogP contribution in [-0.4, -0.2) is 41.4 Å². The Hall–Kier alpha value is -1.12. The van der Waals surface area contributed by atoms with Gasteiger partial charge in [0.15, 0.2) is 0 Å². The Kier molecular flexibility index (Phi) is 6.26. The van der Waals surface area contributed by atoms with Crippen LogP contribution in [0.1, 0.15) is 12.2 Å². The maximum absolute atomic E-state index is 12.4. The summed E-state index contributed by atoms with van der Waals surface area (Å²) in [5.74, 6) is -1.27. The van der Waals surface area contributed by atoms with E-state index in [0.717, 1.165) is 0 Å². The Morgan fingerprint density at radius 2 is 2.05 bits per heavy atom. The standard InChI is InChI=1S/C10H13ClF3N3O2/c11-7-6-8(15-2-1-4-19-5-3-18)17-9(16-7)10(12,13)14/h6,18H,1-5H2,(H,15,16,17). The van der Waals surface area contributed by atoms with E-state index in [1.807, 2.05) is 0 Å². The molecule has 2 N–H and O–H groups in total. The van der Waals surface area contributed by atoms with Crippen molar-refractivity contribution in [3.63, 3.8) is 0 Å². The molecule has 5 nitrogen and oxygen atoms in total. The van der Waals surface area contributed by atoms with Crippen LogP contribution in [0.5, 0.6) is 0 Å². The number of nitrogens with one attached hydrogen (secondary N) is 1. The minimum absolute atomic E-state index is 0.00878. The summed E-state index contributed by atoms with van der Waals surface area (Å²) in [5.41, 5.74) is 0. The van der Waals surface area contributed by atoms with Crippen molar-refractivity contribution in [3.8, 4) is 0 Å².